The Bertz CT molecular complexity index is 586. The highest BCUT2D eigenvalue weighted by Gasteiger charge is 2.17. The molecule has 6 heteroatoms. The summed E-state index contributed by atoms with van der Waals surface area (Å²) in [7, 11) is 3.97. The molecule has 3 N–H and O–H groups in total. The van der Waals surface area contributed by atoms with E-state index in [-0.39, 0.29) is 24.0 Å². The lowest BCUT2D eigenvalue weighted by atomic mass is 9.98. The van der Waals surface area contributed by atoms with E-state index in [4.69, 9.17) is 0 Å². The highest BCUT2D eigenvalue weighted by atomic mass is 16.2. The van der Waals surface area contributed by atoms with Gasteiger partial charge in [0.1, 0.15) is 0 Å². The molecule has 1 aromatic rings. The number of amides is 3. The summed E-state index contributed by atoms with van der Waals surface area (Å²) in [6.45, 7) is 4.61. The highest BCUT2D eigenvalue weighted by Crippen LogP contribution is 2.26. The van der Waals surface area contributed by atoms with Gasteiger partial charge in [-0.1, -0.05) is 12.1 Å². The van der Waals surface area contributed by atoms with Gasteiger partial charge in [-0.3, -0.25) is 4.79 Å². The zero-order valence-electron chi connectivity index (χ0n) is 14.3. The lowest BCUT2D eigenvalue weighted by Gasteiger charge is -2.22. The molecule has 0 bridgehead atoms. The second-order valence-corrected chi connectivity index (χ2v) is 6.35. The molecule has 1 aromatic carbocycles. The van der Waals surface area contributed by atoms with E-state index in [9.17, 15) is 9.59 Å². The van der Waals surface area contributed by atoms with Crippen LogP contribution in [0.2, 0.25) is 0 Å². The van der Waals surface area contributed by atoms with Crippen molar-refractivity contribution in [1.82, 2.24) is 15.5 Å². The molecule has 2 rings (SSSR count). The van der Waals surface area contributed by atoms with Gasteiger partial charge in [-0.15, -0.1) is 0 Å². The Labute approximate surface area is 137 Å². The molecule has 0 saturated heterocycles. The Hall–Kier alpha value is -2.08. The number of benzene rings is 1. The maximum absolute atomic E-state index is 12.0. The van der Waals surface area contributed by atoms with Gasteiger partial charge in [-0.25, -0.2) is 4.79 Å². The molecular formula is C17H26N4O2. The first-order valence-corrected chi connectivity index (χ1v) is 8.00. The molecule has 0 radical (unpaired) electrons. The van der Waals surface area contributed by atoms with E-state index in [2.05, 4.69) is 33.8 Å². The predicted octanol–water partition coefficient (Wildman–Crippen LogP) is 1.88. The molecule has 23 heavy (non-hydrogen) atoms. The van der Waals surface area contributed by atoms with Crippen LogP contribution in [0.5, 0.6) is 0 Å². The van der Waals surface area contributed by atoms with E-state index in [0.29, 0.717) is 13.0 Å². The first-order chi connectivity index (χ1) is 10.9. The molecule has 2 unspecified atom stereocenters. The van der Waals surface area contributed by atoms with Gasteiger partial charge in [-0.05, 0) is 51.6 Å². The van der Waals surface area contributed by atoms with Crippen molar-refractivity contribution in [2.24, 2.45) is 0 Å². The Morgan fingerprint density at radius 2 is 2.04 bits per heavy atom. The number of rotatable bonds is 5. The zero-order valence-corrected chi connectivity index (χ0v) is 14.3. The van der Waals surface area contributed by atoms with Crippen LogP contribution in [0.25, 0.3) is 0 Å². The molecule has 0 saturated carbocycles. The SMILES string of the molecule is CC(NC(=O)NCC(C)N(C)C)c1ccc2c(c1)CCC(=O)N2. The number of carbonyl (C=O) groups excluding carboxylic acids is 2. The van der Waals surface area contributed by atoms with E-state index in [1.807, 2.05) is 33.2 Å². The maximum Gasteiger partial charge on any atom is 0.315 e. The highest BCUT2D eigenvalue weighted by molar-refractivity contribution is 5.93. The fraction of sp³-hybridized carbons (Fsp3) is 0.529. The molecule has 6 nitrogen and oxygen atoms in total. The number of anilines is 1. The van der Waals surface area contributed by atoms with Crippen molar-refractivity contribution in [3.63, 3.8) is 0 Å². The summed E-state index contributed by atoms with van der Waals surface area (Å²) in [4.78, 5) is 25.4. The van der Waals surface area contributed by atoms with Crippen molar-refractivity contribution >= 4 is 17.6 Å². The standard InChI is InChI=1S/C17H26N4O2/c1-11(21(3)4)10-18-17(23)19-12(2)13-5-7-15-14(9-13)6-8-16(22)20-15/h5,7,9,11-12H,6,8,10H2,1-4H3,(H,20,22)(H2,18,19,23). The summed E-state index contributed by atoms with van der Waals surface area (Å²) < 4.78 is 0. The van der Waals surface area contributed by atoms with E-state index in [0.717, 1.165) is 23.2 Å². The van der Waals surface area contributed by atoms with Gasteiger partial charge >= 0.3 is 6.03 Å². The monoisotopic (exact) mass is 318 g/mol. The maximum atomic E-state index is 12.0. The number of carbonyl (C=O) groups is 2. The van der Waals surface area contributed by atoms with Crippen LogP contribution in [-0.2, 0) is 11.2 Å². The largest absolute Gasteiger partial charge is 0.337 e. The molecule has 0 fully saturated rings. The predicted molar refractivity (Wildman–Crippen MR) is 91.5 cm³/mol. The smallest absolute Gasteiger partial charge is 0.315 e. The van der Waals surface area contributed by atoms with E-state index < -0.39 is 0 Å². The number of fused-ring (bicyclic) bond motifs is 1. The molecular weight excluding hydrogens is 292 g/mol. The van der Waals surface area contributed by atoms with Crippen molar-refractivity contribution in [2.45, 2.75) is 38.8 Å². The average molecular weight is 318 g/mol. The third kappa shape index (κ3) is 4.69. The summed E-state index contributed by atoms with van der Waals surface area (Å²) in [6, 6.07) is 5.93. The van der Waals surface area contributed by atoms with Gasteiger partial charge in [-0.2, -0.15) is 0 Å². The van der Waals surface area contributed by atoms with E-state index >= 15 is 0 Å². The number of urea groups is 1. The minimum Gasteiger partial charge on any atom is -0.337 e. The van der Waals surface area contributed by atoms with Crippen LogP contribution >= 0.6 is 0 Å². The van der Waals surface area contributed by atoms with Gasteiger partial charge in [0, 0.05) is 24.7 Å². The van der Waals surface area contributed by atoms with Gasteiger partial charge in [0.05, 0.1) is 6.04 Å². The molecule has 3 amide bonds. The Balaban J connectivity index is 1.92. The van der Waals surface area contributed by atoms with Crippen LogP contribution in [-0.4, -0.2) is 43.5 Å². The summed E-state index contributed by atoms with van der Waals surface area (Å²) >= 11 is 0. The van der Waals surface area contributed by atoms with Crippen LogP contribution in [0.4, 0.5) is 10.5 Å². The molecule has 0 spiro atoms. The second-order valence-electron chi connectivity index (χ2n) is 6.35. The second kappa shape index (κ2) is 7.46. The molecule has 1 aliphatic rings. The van der Waals surface area contributed by atoms with Crippen LogP contribution < -0.4 is 16.0 Å². The number of likely N-dealkylation sites (N-methyl/N-ethyl adjacent to an activating group) is 1. The first kappa shape index (κ1) is 17.3. The van der Waals surface area contributed by atoms with Crippen LogP contribution in [0.3, 0.4) is 0 Å². The van der Waals surface area contributed by atoms with Gasteiger partial charge < -0.3 is 20.9 Å². The number of hydrogen-bond acceptors (Lipinski definition) is 3. The summed E-state index contributed by atoms with van der Waals surface area (Å²) in [5, 5.41) is 8.70. The summed E-state index contributed by atoms with van der Waals surface area (Å²) in [5.41, 5.74) is 3.04. The molecule has 0 aromatic heterocycles. The van der Waals surface area contributed by atoms with Crippen molar-refractivity contribution in [3.05, 3.63) is 29.3 Å². The third-order valence-electron chi connectivity index (χ3n) is 4.31. The molecule has 126 valence electrons. The fourth-order valence-corrected chi connectivity index (χ4v) is 2.43. The van der Waals surface area contributed by atoms with Gasteiger partial charge in [0.25, 0.3) is 0 Å². The number of aryl methyl sites for hydroxylation is 1. The molecule has 0 aliphatic carbocycles. The molecule has 2 atom stereocenters. The minimum atomic E-state index is -0.169. The summed E-state index contributed by atoms with van der Waals surface area (Å²) in [6.07, 6.45) is 1.26. The first-order valence-electron chi connectivity index (χ1n) is 8.00. The Morgan fingerprint density at radius 3 is 2.74 bits per heavy atom. The van der Waals surface area contributed by atoms with Crippen LogP contribution in [0, 0.1) is 0 Å². The number of nitrogens with zero attached hydrogens (tertiary/aromatic N) is 1. The Kier molecular flexibility index (Phi) is 5.60. The Morgan fingerprint density at radius 1 is 1.30 bits per heavy atom. The topological polar surface area (TPSA) is 73.5 Å². The van der Waals surface area contributed by atoms with Gasteiger partial charge in [0.2, 0.25) is 5.91 Å². The van der Waals surface area contributed by atoms with Crippen molar-refractivity contribution in [3.8, 4) is 0 Å². The third-order valence-corrected chi connectivity index (χ3v) is 4.31. The van der Waals surface area contributed by atoms with Crippen molar-refractivity contribution < 1.29 is 9.59 Å². The number of nitrogens with one attached hydrogen (secondary N) is 3. The van der Waals surface area contributed by atoms with E-state index in [1.54, 1.807) is 0 Å². The normalized spacial score (nSPS) is 16.3. The quantitative estimate of drug-likeness (QED) is 0.776. The lowest BCUT2D eigenvalue weighted by molar-refractivity contribution is -0.116. The van der Waals surface area contributed by atoms with Crippen molar-refractivity contribution in [2.75, 3.05) is 26.0 Å². The minimum absolute atomic E-state index is 0.0609. The van der Waals surface area contributed by atoms with Crippen LogP contribution in [0.15, 0.2) is 18.2 Å². The fourth-order valence-electron chi connectivity index (χ4n) is 2.43. The van der Waals surface area contributed by atoms with E-state index in [1.165, 1.54) is 0 Å². The zero-order chi connectivity index (χ0) is 17.0. The van der Waals surface area contributed by atoms with Crippen LogP contribution in [0.1, 0.15) is 37.4 Å². The number of hydrogen-bond donors (Lipinski definition) is 3. The lowest BCUT2D eigenvalue weighted by Crippen LogP contribution is -2.43. The summed E-state index contributed by atoms with van der Waals surface area (Å²) in [5.74, 6) is 0.0609. The molecule has 1 heterocycles. The van der Waals surface area contributed by atoms with Gasteiger partial charge in [0.15, 0.2) is 0 Å². The average Bonchev–Trinajstić information content (AvgIpc) is 2.51. The van der Waals surface area contributed by atoms with Crippen molar-refractivity contribution in [1.29, 1.82) is 0 Å². The molecule has 1 aliphatic heterocycles.